The van der Waals surface area contributed by atoms with Crippen LogP contribution in [0.15, 0.2) is 59.0 Å². The second kappa shape index (κ2) is 12.1. The highest BCUT2D eigenvalue weighted by Crippen LogP contribution is 2.40. The standard InChI is InChI=1S/C38H34N6O5/c1-22-26(28-8-4-9-32-29(28)12-15-43(32)37(46)31-18-33-34(45)10-5-13-44(33)41-31)6-3-7-27(22)36-40-30-17-23(16-25(19-39)35(30)49-36)20-42-14-11-24(21-42)38(47)48-2/h3-4,6-9,16-18,24H,5,10-15,20-21H2,1-2H3/t24-/m1/s1. The van der Waals surface area contributed by atoms with Gasteiger partial charge in [-0.1, -0.05) is 24.3 Å². The van der Waals surface area contributed by atoms with Crippen LogP contribution in [0, 0.1) is 24.2 Å². The molecule has 1 fully saturated rings. The molecule has 0 bridgehead atoms. The SMILES string of the molecule is COC(=O)[C@@H]1CCN(Cc2cc(C#N)c3oc(-c4cccc(-c5cccc6c5CCN6C(=O)c5cc6n(n5)CCCC6=O)c4C)nc3c2)C1. The summed E-state index contributed by atoms with van der Waals surface area (Å²) in [5.41, 5.74) is 8.92. The monoisotopic (exact) mass is 654 g/mol. The summed E-state index contributed by atoms with van der Waals surface area (Å²) in [5, 5.41) is 14.5. The van der Waals surface area contributed by atoms with Gasteiger partial charge >= 0.3 is 5.97 Å². The van der Waals surface area contributed by atoms with Gasteiger partial charge in [-0.3, -0.25) is 24.0 Å². The van der Waals surface area contributed by atoms with Gasteiger partial charge in [0.2, 0.25) is 5.89 Å². The molecule has 3 aliphatic heterocycles. The number of nitriles is 1. The lowest BCUT2D eigenvalue weighted by Crippen LogP contribution is -2.29. The van der Waals surface area contributed by atoms with Gasteiger partial charge < -0.3 is 14.1 Å². The van der Waals surface area contributed by atoms with E-state index in [0.29, 0.717) is 73.0 Å². The summed E-state index contributed by atoms with van der Waals surface area (Å²) in [4.78, 5) is 46.9. The van der Waals surface area contributed by atoms with Gasteiger partial charge in [-0.05, 0) is 84.8 Å². The maximum Gasteiger partial charge on any atom is 0.310 e. The molecule has 0 spiro atoms. The molecule has 1 saturated heterocycles. The predicted octanol–water partition coefficient (Wildman–Crippen LogP) is 5.71. The maximum atomic E-state index is 13.7. The van der Waals surface area contributed by atoms with Crippen LogP contribution < -0.4 is 4.90 Å². The number of Topliss-reactive ketones (excluding diaryl/α,β-unsaturated/α-hetero) is 1. The molecule has 246 valence electrons. The molecule has 2 aromatic heterocycles. The highest BCUT2D eigenvalue weighted by Gasteiger charge is 2.32. The lowest BCUT2D eigenvalue weighted by atomic mass is 9.92. The van der Waals surface area contributed by atoms with E-state index in [-0.39, 0.29) is 23.6 Å². The molecule has 5 aromatic rings. The Hall–Kier alpha value is -5.60. The second-order valence-corrected chi connectivity index (χ2v) is 13.0. The number of oxazole rings is 1. The quantitative estimate of drug-likeness (QED) is 0.211. The molecule has 0 unspecified atom stereocenters. The first-order chi connectivity index (χ1) is 23.8. The third-order valence-electron chi connectivity index (χ3n) is 10.1. The molecule has 0 saturated carbocycles. The van der Waals surface area contributed by atoms with E-state index < -0.39 is 0 Å². The Labute approximate surface area is 282 Å². The number of hydrogen-bond acceptors (Lipinski definition) is 9. The first kappa shape index (κ1) is 30.7. The fourth-order valence-corrected chi connectivity index (χ4v) is 7.60. The van der Waals surface area contributed by atoms with Crippen molar-refractivity contribution < 1.29 is 23.5 Å². The number of likely N-dealkylation sites (tertiary alicyclic amines) is 1. The number of ketones is 1. The first-order valence-electron chi connectivity index (χ1n) is 16.6. The minimum atomic E-state index is -0.205. The van der Waals surface area contributed by atoms with E-state index >= 15 is 0 Å². The lowest BCUT2D eigenvalue weighted by Gasteiger charge is -2.17. The van der Waals surface area contributed by atoms with Crippen LogP contribution in [0.25, 0.3) is 33.7 Å². The predicted molar refractivity (Wildman–Crippen MR) is 181 cm³/mol. The van der Waals surface area contributed by atoms with E-state index in [2.05, 4.69) is 28.2 Å². The zero-order valence-corrected chi connectivity index (χ0v) is 27.4. The van der Waals surface area contributed by atoms with Crippen LogP contribution in [0.1, 0.15) is 62.5 Å². The lowest BCUT2D eigenvalue weighted by molar-refractivity contribution is -0.144. The molecular weight excluding hydrogens is 620 g/mol. The molecule has 3 aliphatic rings. The zero-order valence-electron chi connectivity index (χ0n) is 27.4. The van der Waals surface area contributed by atoms with Crippen LogP contribution in [0.3, 0.4) is 0 Å². The van der Waals surface area contributed by atoms with E-state index in [4.69, 9.17) is 14.1 Å². The van der Waals surface area contributed by atoms with E-state index in [1.54, 1.807) is 15.6 Å². The average molecular weight is 655 g/mol. The number of methoxy groups -OCH3 is 1. The van der Waals surface area contributed by atoms with Crippen LogP contribution in [0.2, 0.25) is 0 Å². The molecule has 11 heteroatoms. The topological polar surface area (TPSA) is 135 Å². The highest BCUT2D eigenvalue weighted by atomic mass is 16.5. The van der Waals surface area contributed by atoms with Crippen molar-refractivity contribution in [2.75, 3.05) is 31.6 Å². The van der Waals surface area contributed by atoms with Crippen LogP contribution >= 0.6 is 0 Å². The number of anilines is 1. The molecule has 3 aromatic carbocycles. The molecule has 0 aliphatic carbocycles. The Morgan fingerprint density at radius 2 is 1.86 bits per heavy atom. The van der Waals surface area contributed by atoms with Crippen molar-refractivity contribution in [1.29, 1.82) is 5.26 Å². The van der Waals surface area contributed by atoms with Crippen molar-refractivity contribution >= 4 is 34.4 Å². The Balaban J connectivity index is 1.09. The summed E-state index contributed by atoms with van der Waals surface area (Å²) < 4.78 is 12.9. The van der Waals surface area contributed by atoms with Crippen molar-refractivity contribution in [2.24, 2.45) is 5.92 Å². The Kier molecular flexibility index (Phi) is 7.60. The van der Waals surface area contributed by atoms with Gasteiger partial charge in [0.1, 0.15) is 17.3 Å². The minimum absolute atomic E-state index is 0.0257. The minimum Gasteiger partial charge on any atom is -0.469 e. The summed E-state index contributed by atoms with van der Waals surface area (Å²) in [6.45, 7) is 5.17. The van der Waals surface area contributed by atoms with Crippen LogP contribution in [0.5, 0.6) is 0 Å². The van der Waals surface area contributed by atoms with Crippen molar-refractivity contribution in [2.45, 2.75) is 45.7 Å². The van der Waals surface area contributed by atoms with Crippen molar-refractivity contribution in [3.63, 3.8) is 0 Å². The molecule has 5 heterocycles. The van der Waals surface area contributed by atoms with Gasteiger partial charge in [0, 0.05) is 49.9 Å². The smallest absolute Gasteiger partial charge is 0.310 e. The van der Waals surface area contributed by atoms with E-state index in [0.717, 1.165) is 58.5 Å². The average Bonchev–Trinajstić information content (AvgIpc) is 3.93. The van der Waals surface area contributed by atoms with E-state index in [1.165, 1.54) is 7.11 Å². The number of carbonyl (C=O) groups is 3. The molecular formula is C38H34N6O5. The zero-order chi connectivity index (χ0) is 33.8. The number of carbonyl (C=O) groups excluding carboxylic acids is 3. The largest absolute Gasteiger partial charge is 0.469 e. The summed E-state index contributed by atoms with van der Waals surface area (Å²) in [6.07, 6.45) is 2.65. The molecule has 1 amide bonds. The number of benzene rings is 3. The summed E-state index contributed by atoms with van der Waals surface area (Å²) >= 11 is 0. The number of fused-ring (bicyclic) bond motifs is 3. The van der Waals surface area contributed by atoms with Crippen molar-refractivity contribution in [3.8, 4) is 28.7 Å². The van der Waals surface area contributed by atoms with Crippen LogP contribution in [-0.4, -0.2) is 64.1 Å². The highest BCUT2D eigenvalue weighted by molar-refractivity contribution is 6.08. The van der Waals surface area contributed by atoms with E-state index in [1.807, 2.05) is 43.3 Å². The number of nitrogens with zero attached hydrogens (tertiary/aromatic N) is 6. The molecule has 8 rings (SSSR count). The first-order valence-corrected chi connectivity index (χ1v) is 16.6. The molecule has 1 atom stereocenters. The van der Waals surface area contributed by atoms with Gasteiger partial charge in [-0.15, -0.1) is 0 Å². The van der Waals surface area contributed by atoms with Gasteiger partial charge in [-0.25, -0.2) is 4.98 Å². The summed E-state index contributed by atoms with van der Waals surface area (Å²) in [5.74, 6) is -0.0771. The van der Waals surface area contributed by atoms with Crippen LogP contribution in [0.4, 0.5) is 5.69 Å². The molecule has 0 N–H and O–H groups in total. The van der Waals surface area contributed by atoms with Crippen molar-refractivity contribution in [1.82, 2.24) is 19.7 Å². The summed E-state index contributed by atoms with van der Waals surface area (Å²) in [7, 11) is 1.42. The Morgan fingerprint density at radius 1 is 1.04 bits per heavy atom. The fourth-order valence-electron chi connectivity index (χ4n) is 7.60. The Morgan fingerprint density at radius 3 is 2.67 bits per heavy atom. The van der Waals surface area contributed by atoms with Crippen LogP contribution in [-0.2, 0) is 29.0 Å². The Bertz CT molecular complexity index is 2230. The van der Waals surface area contributed by atoms with Gasteiger partial charge in [0.15, 0.2) is 17.1 Å². The molecule has 49 heavy (non-hydrogen) atoms. The normalized spacial score (nSPS) is 17.3. The third kappa shape index (κ3) is 5.29. The number of ether oxygens (including phenoxy) is 1. The number of hydrogen-bond donors (Lipinski definition) is 0. The third-order valence-corrected chi connectivity index (χ3v) is 10.1. The number of rotatable bonds is 6. The van der Waals surface area contributed by atoms with Crippen molar-refractivity contribution in [3.05, 3.63) is 88.2 Å². The van der Waals surface area contributed by atoms with E-state index in [9.17, 15) is 19.6 Å². The maximum absolute atomic E-state index is 13.7. The fraction of sp³-hybridized carbons (Fsp3) is 0.316. The van der Waals surface area contributed by atoms with Gasteiger partial charge in [-0.2, -0.15) is 10.4 Å². The van der Waals surface area contributed by atoms with Gasteiger partial charge in [0.25, 0.3) is 5.91 Å². The second-order valence-electron chi connectivity index (χ2n) is 13.0. The number of amides is 1. The molecule has 11 nitrogen and oxygen atoms in total. The number of aromatic nitrogens is 3. The molecule has 0 radical (unpaired) electrons. The summed E-state index contributed by atoms with van der Waals surface area (Å²) in [6, 6.07) is 19.7. The number of esters is 1. The van der Waals surface area contributed by atoms with Gasteiger partial charge in [0.05, 0.1) is 18.6 Å². The number of aryl methyl sites for hydroxylation is 1.